The Balaban J connectivity index is 1.42. The molecule has 4 atom stereocenters. The largest absolute Gasteiger partial charge is 0.443 e. The van der Waals surface area contributed by atoms with Crippen LogP contribution in [0.2, 0.25) is 5.02 Å². The summed E-state index contributed by atoms with van der Waals surface area (Å²) in [4.78, 5) is 40.3. The standard InChI is InChI=1S/C27H38ClN3O5/c1-17(2)21(30-22(32)18-9-10-26(15-18)11-13-29-24(34)36-26)23(33)31-14-12-27(35,25(3,4)16-31)19-5-7-20(28)8-6-19/h5-8,17-18,21,35H,9-16H2,1-4H3,(H,29,34)(H,30,32)/t18-,21-,26?,27+/m1/s1. The Morgan fingerprint density at radius 1 is 1.19 bits per heavy atom. The Bertz CT molecular complexity index is 1010. The van der Waals surface area contributed by atoms with Gasteiger partial charge >= 0.3 is 6.09 Å². The number of ether oxygens (including phenoxy) is 1. The van der Waals surface area contributed by atoms with Gasteiger partial charge in [-0.05, 0) is 49.3 Å². The first kappa shape index (κ1) is 26.7. The lowest BCUT2D eigenvalue weighted by atomic mass is 9.66. The fourth-order valence-electron chi connectivity index (χ4n) is 6.06. The van der Waals surface area contributed by atoms with Gasteiger partial charge in [0.15, 0.2) is 0 Å². The topological polar surface area (TPSA) is 108 Å². The van der Waals surface area contributed by atoms with Gasteiger partial charge in [-0.1, -0.05) is 51.4 Å². The van der Waals surface area contributed by atoms with Crippen LogP contribution >= 0.6 is 11.6 Å². The second kappa shape index (κ2) is 9.86. The van der Waals surface area contributed by atoms with E-state index in [1.165, 1.54) is 0 Å². The molecule has 36 heavy (non-hydrogen) atoms. The maximum absolute atomic E-state index is 13.6. The first-order valence-electron chi connectivity index (χ1n) is 12.9. The minimum atomic E-state index is -1.10. The lowest BCUT2D eigenvalue weighted by molar-refractivity contribution is -0.157. The Kier molecular flexibility index (Phi) is 7.32. The molecule has 1 spiro atoms. The van der Waals surface area contributed by atoms with Crippen LogP contribution in [0.3, 0.4) is 0 Å². The Morgan fingerprint density at radius 3 is 2.50 bits per heavy atom. The summed E-state index contributed by atoms with van der Waals surface area (Å²) >= 11 is 6.04. The third kappa shape index (κ3) is 5.07. The lowest BCUT2D eigenvalue weighted by Crippen LogP contribution is -2.60. The van der Waals surface area contributed by atoms with Crippen LogP contribution in [0.4, 0.5) is 4.79 Å². The molecule has 3 N–H and O–H groups in total. The van der Waals surface area contributed by atoms with E-state index >= 15 is 0 Å². The van der Waals surface area contributed by atoms with Crippen molar-refractivity contribution in [1.29, 1.82) is 0 Å². The average Bonchev–Trinajstić information content (AvgIpc) is 3.21. The van der Waals surface area contributed by atoms with E-state index in [1.807, 2.05) is 39.8 Å². The van der Waals surface area contributed by atoms with Crippen LogP contribution in [-0.2, 0) is 19.9 Å². The number of amides is 3. The fourth-order valence-corrected chi connectivity index (χ4v) is 6.19. The molecule has 1 saturated carbocycles. The highest BCUT2D eigenvalue weighted by molar-refractivity contribution is 6.30. The van der Waals surface area contributed by atoms with Gasteiger partial charge < -0.3 is 25.4 Å². The van der Waals surface area contributed by atoms with Crippen molar-refractivity contribution in [3.8, 4) is 0 Å². The maximum atomic E-state index is 13.6. The number of piperidine rings is 1. The molecule has 1 aromatic rings. The highest BCUT2D eigenvalue weighted by atomic mass is 35.5. The molecular formula is C27H38ClN3O5. The zero-order chi connectivity index (χ0) is 26.3. The van der Waals surface area contributed by atoms with Gasteiger partial charge in [0.2, 0.25) is 11.8 Å². The summed E-state index contributed by atoms with van der Waals surface area (Å²) in [7, 11) is 0. The predicted octanol–water partition coefficient (Wildman–Crippen LogP) is 3.60. The molecule has 2 aliphatic heterocycles. The summed E-state index contributed by atoms with van der Waals surface area (Å²) in [5.41, 5.74) is -1.51. The second-order valence-corrected chi connectivity index (χ2v) is 12.1. The van der Waals surface area contributed by atoms with Gasteiger partial charge in [-0.3, -0.25) is 9.59 Å². The number of nitrogens with one attached hydrogen (secondary N) is 2. The molecule has 3 amide bonds. The molecule has 1 aromatic carbocycles. The number of halogens is 1. The van der Waals surface area contributed by atoms with Crippen molar-refractivity contribution in [2.24, 2.45) is 17.3 Å². The normalized spacial score (nSPS) is 30.6. The molecular weight excluding hydrogens is 482 g/mol. The number of rotatable bonds is 5. The van der Waals surface area contributed by atoms with Crippen molar-refractivity contribution >= 4 is 29.5 Å². The minimum Gasteiger partial charge on any atom is -0.443 e. The number of carbonyl (C=O) groups is 3. The molecule has 198 valence electrons. The van der Waals surface area contributed by atoms with Crippen LogP contribution in [0, 0.1) is 17.3 Å². The third-order valence-electron chi connectivity index (χ3n) is 8.41. The molecule has 0 bridgehead atoms. The van der Waals surface area contributed by atoms with E-state index in [0.717, 1.165) is 5.56 Å². The number of likely N-dealkylation sites (tertiary alicyclic amines) is 1. The summed E-state index contributed by atoms with van der Waals surface area (Å²) < 4.78 is 5.56. The first-order chi connectivity index (χ1) is 16.9. The Hall–Kier alpha value is -2.32. The Morgan fingerprint density at radius 2 is 1.89 bits per heavy atom. The van der Waals surface area contributed by atoms with Gasteiger partial charge in [0.05, 0.1) is 5.60 Å². The number of hydrogen-bond donors (Lipinski definition) is 3. The molecule has 3 aliphatic rings. The fraction of sp³-hybridized carbons (Fsp3) is 0.667. The van der Waals surface area contributed by atoms with Crippen molar-refractivity contribution in [2.75, 3.05) is 19.6 Å². The smallest absolute Gasteiger partial charge is 0.407 e. The van der Waals surface area contributed by atoms with E-state index in [2.05, 4.69) is 10.6 Å². The van der Waals surface area contributed by atoms with Crippen molar-refractivity contribution in [3.05, 3.63) is 34.9 Å². The number of nitrogens with zero attached hydrogens (tertiary/aromatic N) is 1. The zero-order valence-corrected chi connectivity index (χ0v) is 22.4. The average molecular weight is 520 g/mol. The molecule has 2 heterocycles. The molecule has 8 nitrogen and oxygen atoms in total. The number of hydrogen-bond acceptors (Lipinski definition) is 5. The van der Waals surface area contributed by atoms with E-state index in [0.29, 0.717) is 56.8 Å². The SMILES string of the molecule is CC(C)[C@@H](NC(=O)[C@@H]1CCC2(CCNC(=O)O2)C1)C(=O)N1CC[C@](O)(c2ccc(Cl)cc2)C(C)(C)C1. The van der Waals surface area contributed by atoms with Crippen LogP contribution in [0.15, 0.2) is 24.3 Å². The highest BCUT2D eigenvalue weighted by Gasteiger charge is 2.51. The molecule has 4 rings (SSSR count). The minimum absolute atomic E-state index is 0.103. The summed E-state index contributed by atoms with van der Waals surface area (Å²) in [6, 6.07) is 6.55. The monoisotopic (exact) mass is 519 g/mol. The number of aliphatic hydroxyl groups is 1. The van der Waals surface area contributed by atoms with Gasteiger partial charge in [-0.2, -0.15) is 0 Å². The summed E-state index contributed by atoms with van der Waals surface area (Å²) in [5, 5.41) is 17.9. The molecule has 1 unspecified atom stereocenters. The third-order valence-corrected chi connectivity index (χ3v) is 8.66. The molecule has 3 fully saturated rings. The number of alkyl carbamates (subject to hydrolysis) is 1. The zero-order valence-electron chi connectivity index (χ0n) is 21.6. The number of benzene rings is 1. The quantitative estimate of drug-likeness (QED) is 0.551. The molecule has 1 aliphatic carbocycles. The molecule has 2 saturated heterocycles. The summed E-state index contributed by atoms with van der Waals surface area (Å²) in [5.74, 6) is -0.695. The predicted molar refractivity (Wildman–Crippen MR) is 136 cm³/mol. The van der Waals surface area contributed by atoms with Gasteiger partial charge in [0.1, 0.15) is 11.6 Å². The highest BCUT2D eigenvalue weighted by Crippen LogP contribution is 2.46. The number of carbonyl (C=O) groups excluding carboxylic acids is 3. The van der Waals surface area contributed by atoms with E-state index in [9.17, 15) is 19.5 Å². The van der Waals surface area contributed by atoms with Gasteiger partial charge in [-0.25, -0.2) is 4.79 Å². The lowest BCUT2D eigenvalue weighted by Gasteiger charge is -2.51. The van der Waals surface area contributed by atoms with Crippen LogP contribution in [0.25, 0.3) is 0 Å². The summed E-state index contributed by atoms with van der Waals surface area (Å²) in [6.45, 7) is 9.06. The van der Waals surface area contributed by atoms with Crippen molar-refractivity contribution in [1.82, 2.24) is 15.5 Å². The maximum Gasteiger partial charge on any atom is 0.407 e. The second-order valence-electron chi connectivity index (χ2n) is 11.7. The first-order valence-corrected chi connectivity index (χ1v) is 13.3. The van der Waals surface area contributed by atoms with Gasteiger partial charge in [0, 0.05) is 42.4 Å². The van der Waals surface area contributed by atoms with Gasteiger partial charge in [0.25, 0.3) is 0 Å². The van der Waals surface area contributed by atoms with E-state index in [1.54, 1.807) is 17.0 Å². The van der Waals surface area contributed by atoms with Crippen molar-refractivity contribution in [3.63, 3.8) is 0 Å². The van der Waals surface area contributed by atoms with Crippen LogP contribution in [-0.4, -0.2) is 59.2 Å². The Labute approximate surface area is 218 Å². The van der Waals surface area contributed by atoms with Crippen LogP contribution in [0.1, 0.15) is 65.4 Å². The summed E-state index contributed by atoms with van der Waals surface area (Å²) in [6.07, 6.45) is 2.41. The van der Waals surface area contributed by atoms with E-state index < -0.39 is 28.8 Å². The molecule has 0 radical (unpaired) electrons. The molecule has 0 aromatic heterocycles. The van der Waals surface area contributed by atoms with E-state index in [4.69, 9.17) is 16.3 Å². The van der Waals surface area contributed by atoms with Crippen molar-refractivity contribution in [2.45, 2.75) is 77.0 Å². The molecule has 9 heteroatoms. The van der Waals surface area contributed by atoms with Gasteiger partial charge in [-0.15, -0.1) is 0 Å². The van der Waals surface area contributed by atoms with Crippen LogP contribution < -0.4 is 10.6 Å². The van der Waals surface area contributed by atoms with Crippen LogP contribution in [0.5, 0.6) is 0 Å². The van der Waals surface area contributed by atoms with E-state index in [-0.39, 0.29) is 23.7 Å². The van der Waals surface area contributed by atoms with Crippen molar-refractivity contribution < 1.29 is 24.2 Å².